The molecule has 2 fully saturated rings. The first kappa shape index (κ1) is 8.94. The fourth-order valence-electron chi connectivity index (χ4n) is 2.60. The van der Waals surface area contributed by atoms with Gasteiger partial charge in [0.05, 0.1) is 30.1 Å². The molecule has 0 N–H and O–H groups in total. The van der Waals surface area contributed by atoms with E-state index in [0.29, 0.717) is 13.2 Å². The first-order chi connectivity index (χ1) is 7.33. The van der Waals surface area contributed by atoms with E-state index in [9.17, 15) is 5.26 Å². The molecule has 76 valence electrons. The summed E-state index contributed by atoms with van der Waals surface area (Å²) in [6.07, 6.45) is 2.06. The van der Waals surface area contributed by atoms with Crippen LogP contribution in [0.2, 0.25) is 0 Å². The molecule has 1 aliphatic carbocycles. The van der Waals surface area contributed by atoms with E-state index < -0.39 is 0 Å². The maximum absolute atomic E-state index is 9.31. The summed E-state index contributed by atoms with van der Waals surface area (Å²) in [6, 6.07) is 12.9. The van der Waals surface area contributed by atoms with E-state index in [0.717, 1.165) is 12.8 Å². The molecule has 1 saturated carbocycles. The van der Waals surface area contributed by atoms with Crippen molar-refractivity contribution < 1.29 is 4.74 Å². The fraction of sp³-hybridized carbons (Fsp3) is 0.462. The van der Waals surface area contributed by atoms with Gasteiger partial charge in [0.1, 0.15) is 0 Å². The second kappa shape index (κ2) is 2.84. The standard InChI is InChI=1S/C13H13NO/c14-8-12(6-7-12)13(9-15-10-13)11-4-2-1-3-5-11/h1-5H,6-7,9-10H2. The van der Waals surface area contributed by atoms with Crippen molar-refractivity contribution in [2.75, 3.05) is 13.2 Å². The van der Waals surface area contributed by atoms with Gasteiger partial charge in [-0.05, 0) is 18.4 Å². The molecule has 2 heteroatoms. The molecule has 3 rings (SSSR count). The van der Waals surface area contributed by atoms with E-state index in [2.05, 4.69) is 18.2 Å². The predicted octanol–water partition coefficient (Wildman–Crippen LogP) is 2.26. The molecule has 0 atom stereocenters. The first-order valence-electron chi connectivity index (χ1n) is 5.38. The Hall–Kier alpha value is -1.33. The van der Waals surface area contributed by atoms with Crippen molar-refractivity contribution in [2.45, 2.75) is 18.3 Å². The van der Waals surface area contributed by atoms with Gasteiger partial charge in [-0.25, -0.2) is 0 Å². The topological polar surface area (TPSA) is 33.0 Å². The summed E-state index contributed by atoms with van der Waals surface area (Å²) in [5.41, 5.74) is 1.13. The van der Waals surface area contributed by atoms with Crippen LogP contribution in [0.25, 0.3) is 0 Å². The lowest BCUT2D eigenvalue weighted by molar-refractivity contribution is -0.0867. The fourth-order valence-corrected chi connectivity index (χ4v) is 2.60. The van der Waals surface area contributed by atoms with E-state index in [4.69, 9.17) is 4.74 Å². The maximum atomic E-state index is 9.31. The smallest absolute Gasteiger partial charge is 0.0716 e. The van der Waals surface area contributed by atoms with Crippen molar-refractivity contribution in [3.63, 3.8) is 0 Å². The van der Waals surface area contributed by atoms with Crippen LogP contribution in [-0.4, -0.2) is 13.2 Å². The summed E-state index contributed by atoms with van der Waals surface area (Å²) in [7, 11) is 0. The Bertz CT molecular complexity index is 410. The number of ether oxygens (including phenoxy) is 1. The largest absolute Gasteiger partial charge is 0.379 e. The first-order valence-corrected chi connectivity index (χ1v) is 5.38. The third-order valence-corrected chi connectivity index (χ3v) is 3.90. The zero-order valence-corrected chi connectivity index (χ0v) is 8.57. The van der Waals surface area contributed by atoms with Gasteiger partial charge < -0.3 is 4.74 Å². The molecule has 1 aliphatic heterocycles. The molecule has 1 heterocycles. The summed E-state index contributed by atoms with van der Waals surface area (Å²) in [4.78, 5) is 0. The Morgan fingerprint density at radius 1 is 1.13 bits per heavy atom. The molecule has 1 aromatic rings. The summed E-state index contributed by atoms with van der Waals surface area (Å²) in [6.45, 7) is 1.43. The lowest BCUT2D eigenvalue weighted by Gasteiger charge is -2.45. The number of nitrogens with zero attached hydrogens (tertiary/aromatic N) is 1. The molecule has 1 saturated heterocycles. The minimum absolute atomic E-state index is 0.0109. The number of hydrogen-bond acceptors (Lipinski definition) is 2. The van der Waals surface area contributed by atoms with Gasteiger partial charge in [0.15, 0.2) is 0 Å². The Balaban J connectivity index is 2.05. The van der Waals surface area contributed by atoms with E-state index in [-0.39, 0.29) is 10.8 Å². The Kier molecular flexibility index (Phi) is 1.69. The monoisotopic (exact) mass is 199 g/mol. The normalized spacial score (nSPS) is 25.0. The van der Waals surface area contributed by atoms with Crippen LogP contribution in [0.3, 0.4) is 0 Å². The Labute approximate surface area is 89.5 Å². The van der Waals surface area contributed by atoms with Crippen molar-refractivity contribution in [1.82, 2.24) is 0 Å². The van der Waals surface area contributed by atoms with Crippen LogP contribution in [-0.2, 0) is 10.2 Å². The zero-order valence-electron chi connectivity index (χ0n) is 8.57. The van der Waals surface area contributed by atoms with E-state index >= 15 is 0 Å². The Morgan fingerprint density at radius 2 is 1.80 bits per heavy atom. The molecular weight excluding hydrogens is 186 g/mol. The van der Waals surface area contributed by atoms with Gasteiger partial charge in [-0.1, -0.05) is 30.3 Å². The minimum atomic E-state index is -0.132. The summed E-state index contributed by atoms with van der Waals surface area (Å²) in [5, 5.41) is 9.31. The molecular formula is C13H13NO. The average molecular weight is 199 g/mol. The number of nitriles is 1. The van der Waals surface area contributed by atoms with E-state index in [1.54, 1.807) is 0 Å². The zero-order chi connectivity index (χ0) is 10.4. The summed E-state index contributed by atoms with van der Waals surface area (Å²) in [5.74, 6) is 0. The number of benzene rings is 1. The van der Waals surface area contributed by atoms with Crippen LogP contribution < -0.4 is 0 Å². The molecule has 1 aromatic carbocycles. The van der Waals surface area contributed by atoms with Gasteiger partial charge in [0.2, 0.25) is 0 Å². The van der Waals surface area contributed by atoms with Crippen LogP contribution >= 0.6 is 0 Å². The molecule has 2 nitrogen and oxygen atoms in total. The van der Waals surface area contributed by atoms with Crippen molar-refractivity contribution in [1.29, 1.82) is 5.26 Å². The van der Waals surface area contributed by atoms with E-state index in [1.165, 1.54) is 5.56 Å². The lowest BCUT2D eigenvalue weighted by Crippen LogP contribution is -2.53. The third kappa shape index (κ3) is 1.02. The predicted molar refractivity (Wildman–Crippen MR) is 56.2 cm³/mol. The highest BCUT2D eigenvalue weighted by Crippen LogP contribution is 2.61. The minimum Gasteiger partial charge on any atom is -0.379 e. The molecule has 0 spiro atoms. The molecule has 0 amide bonds. The third-order valence-electron chi connectivity index (χ3n) is 3.90. The quantitative estimate of drug-likeness (QED) is 0.732. The van der Waals surface area contributed by atoms with E-state index in [1.807, 2.05) is 18.2 Å². The van der Waals surface area contributed by atoms with Crippen molar-refractivity contribution in [3.05, 3.63) is 35.9 Å². The van der Waals surface area contributed by atoms with Gasteiger partial charge in [-0.15, -0.1) is 0 Å². The molecule has 0 unspecified atom stereocenters. The highest BCUT2D eigenvalue weighted by atomic mass is 16.5. The number of rotatable bonds is 2. The van der Waals surface area contributed by atoms with Gasteiger partial charge in [-0.2, -0.15) is 5.26 Å². The average Bonchev–Trinajstić information content (AvgIpc) is 2.99. The highest BCUT2D eigenvalue weighted by Gasteiger charge is 2.64. The second-order valence-electron chi connectivity index (χ2n) is 4.63. The molecule has 0 bridgehead atoms. The van der Waals surface area contributed by atoms with Crippen LogP contribution in [0.4, 0.5) is 0 Å². The van der Waals surface area contributed by atoms with Crippen molar-refractivity contribution in [2.24, 2.45) is 5.41 Å². The highest BCUT2D eigenvalue weighted by molar-refractivity contribution is 5.38. The molecule has 0 radical (unpaired) electrons. The summed E-state index contributed by atoms with van der Waals surface area (Å²) >= 11 is 0. The van der Waals surface area contributed by atoms with Crippen LogP contribution in [0.1, 0.15) is 18.4 Å². The van der Waals surface area contributed by atoms with Gasteiger partial charge >= 0.3 is 0 Å². The van der Waals surface area contributed by atoms with Crippen LogP contribution in [0.15, 0.2) is 30.3 Å². The van der Waals surface area contributed by atoms with Crippen LogP contribution in [0.5, 0.6) is 0 Å². The van der Waals surface area contributed by atoms with Gasteiger partial charge in [0, 0.05) is 0 Å². The molecule has 15 heavy (non-hydrogen) atoms. The summed E-state index contributed by atoms with van der Waals surface area (Å²) < 4.78 is 5.37. The molecule has 2 aliphatic rings. The maximum Gasteiger partial charge on any atom is 0.0716 e. The number of hydrogen-bond donors (Lipinski definition) is 0. The van der Waals surface area contributed by atoms with Gasteiger partial charge in [0.25, 0.3) is 0 Å². The lowest BCUT2D eigenvalue weighted by atomic mass is 9.67. The van der Waals surface area contributed by atoms with Crippen molar-refractivity contribution in [3.8, 4) is 6.07 Å². The van der Waals surface area contributed by atoms with Crippen molar-refractivity contribution >= 4 is 0 Å². The second-order valence-corrected chi connectivity index (χ2v) is 4.63. The van der Waals surface area contributed by atoms with Crippen LogP contribution in [0, 0.1) is 16.7 Å². The van der Waals surface area contributed by atoms with Gasteiger partial charge in [-0.3, -0.25) is 0 Å². The SMILES string of the molecule is N#CC1(C2(c3ccccc3)COC2)CC1. The molecule has 0 aromatic heterocycles. The Morgan fingerprint density at radius 3 is 2.20 bits per heavy atom.